The van der Waals surface area contributed by atoms with Gasteiger partial charge in [0.15, 0.2) is 18.6 Å². The maximum absolute atomic E-state index is 13.0. The topological polar surface area (TPSA) is 179 Å². The molecule has 0 aromatic carbocycles. The average Bonchev–Trinajstić information content (AvgIpc) is 3.18. The van der Waals surface area contributed by atoms with E-state index < -0.39 is 49.5 Å². The van der Waals surface area contributed by atoms with Crippen molar-refractivity contribution in [1.82, 2.24) is 5.32 Å². The number of allylic oxidation sites excluding steroid dienone is 1. The molecule has 5 N–H and O–H groups in total. The van der Waals surface area contributed by atoms with Crippen molar-refractivity contribution in [2.24, 2.45) is 0 Å². The van der Waals surface area contributed by atoms with Gasteiger partial charge in [-0.25, -0.2) is 0 Å². The van der Waals surface area contributed by atoms with E-state index in [0.29, 0.717) is 6.42 Å². The van der Waals surface area contributed by atoms with Crippen LogP contribution in [0.25, 0.3) is 0 Å². The molecule has 0 aromatic heterocycles. The Morgan fingerprint density at radius 3 is 1.68 bits per heavy atom. The standard InChI is InChI=1S/C42H81NO11S.Na/c1-3-5-7-9-11-13-15-17-18-20-22-24-26-28-30-32-38(46)43-35(36(45)31-29-27-25-23-21-19-16-14-12-10-8-6-4-2)34-50-42-40(48)41(52-55-54-53-49)39(47)37(33-44)51-42;/h29,31,35-37,39-42,44-45,47-49H,3-28,30,32-34H2,1-2H3,(H,43,46);/q;+1/p-1/b31-29+;/t35-,36+,37?,39?,40?,41?,42?;/m0./s1. The minimum absolute atomic E-state index is 0. The van der Waals surface area contributed by atoms with Crippen molar-refractivity contribution >= 4 is 18.2 Å². The van der Waals surface area contributed by atoms with Crippen molar-refractivity contribution in [2.45, 2.75) is 236 Å². The third-order valence-corrected chi connectivity index (χ3v) is 11.0. The number of amides is 1. The van der Waals surface area contributed by atoms with Gasteiger partial charge < -0.3 is 40.5 Å². The first-order chi connectivity index (χ1) is 26.9. The maximum atomic E-state index is 13.0. The van der Waals surface area contributed by atoms with Crippen LogP contribution in [0.5, 0.6) is 0 Å². The number of nitrogens with one attached hydrogen (secondary N) is 1. The zero-order chi connectivity index (χ0) is 40.2. The summed E-state index contributed by atoms with van der Waals surface area (Å²) in [4.78, 5) is 13.0. The minimum Gasteiger partial charge on any atom is -0.691 e. The smallest absolute Gasteiger partial charge is 0.691 e. The van der Waals surface area contributed by atoms with Crippen LogP contribution >= 0.6 is 12.3 Å². The molecule has 0 saturated carbocycles. The summed E-state index contributed by atoms with van der Waals surface area (Å²) >= 11 is 0.108. The monoisotopic (exact) mass is 830 g/mol. The SMILES string of the molecule is CCCCCCCCCCCCC/C=C/[C@@H](O)[C@H](COC1OC(CO)C(O)C(OSOO[O-])C1O)NC(=O)CCCCCCCCCCCCCCCCC.[Na+]. The van der Waals surface area contributed by atoms with Crippen LogP contribution in [0.1, 0.15) is 194 Å². The molecule has 0 radical (unpaired) electrons. The van der Waals surface area contributed by atoms with Crippen LogP contribution < -0.4 is 40.1 Å². The van der Waals surface area contributed by atoms with Crippen LogP contribution in [0.15, 0.2) is 12.2 Å². The Labute approximate surface area is 366 Å². The van der Waals surface area contributed by atoms with E-state index in [0.717, 1.165) is 38.5 Å². The summed E-state index contributed by atoms with van der Waals surface area (Å²) in [6.45, 7) is 3.65. The molecule has 56 heavy (non-hydrogen) atoms. The van der Waals surface area contributed by atoms with Crippen LogP contribution in [0.3, 0.4) is 0 Å². The summed E-state index contributed by atoms with van der Waals surface area (Å²) in [5.74, 6) is -0.206. The molecule has 1 rings (SSSR count). The fraction of sp³-hybridized carbons (Fsp3) is 0.929. The van der Waals surface area contributed by atoms with Gasteiger partial charge in [0.25, 0.3) is 0 Å². The van der Waals surface area contributed by atoms with Crippen molar-refractivity contribution < 1.29 is 83.1 Å². The number of ether oxygens (including phenoxy) is 2. The van der Waals surface area contributed by atoms with E-state index in [-0.39, 0.29) is 54.4 Å². The normalized spacial score (nSPS) is 20.9. The van der Waals surface area contributed by atoms with Crippen LogP contribution in [0.4, 0.5) is 0 Å². The van der Waals surface area contributed by atoms with E-state index in [9.17, 15) is 30.5 Å². The van der Waals surface area contributed by atoms with Crippen LogP contribution in [-0.2, 0) is 27.8 Å². The molecular weight excluding hydrogens is 750 g/mol. The first-order valence-electron chi connectivity index (χ1n) is 22.1. The zero-order valence-corrected chi connectivity index (χ0v) is 38.3. The summed E-state index contributed by atoms with van der Waals surface area (Å²) in [5.41, 5.74) is 0. The molecule has 12 nitrogen and oxygen atoms in total. The first kappa shape index (κ1) is 56.2. The van der Waals surface area contributed by atoms with Gasteiger partial charge in [-0.05, 0) is 19.3 Å². The second kappa shape index (κ2) is 40.6. The van der Waals surface area contributed by atoms with Crippen molar-refractivity contribution in [3.8, 4) is 0 Å². The number of carbonyl (C=O) groups excluding carboxylic acids is 1. The molecule has 0 aliphatic carbocycles. The Morgan fingerprint density at radius 2 is 1.21 bits per heavy atom. The van der Waals surface area contributed by atoms with Crippen LogP contribution in [0, 0.1) is 0 Å². The summed E-state index contributed by atoms with van der Waals surface area (Å²) in [7, 11) is 0. The molecule has 1 aliphatic heterocycles. The van der Waals surface area contributed by atoms with Crippen molar-refractivity contribution in [1.29, 1.82) is 0 Å². The van der Waals surface area contributed by atoms with Crippen LogP contribution in [-0.4, -0.2) is 82.4 Å². The van der Waals surface area contributed by atoms with Gasteiger partial charge in [-0.1, -0.05) is 180 Å². The zero-order valence-electron chi connectivity index (χ0n) is 35.5. The molecule has 0 aromatic rings. The van der Waals surface area contributed by atoms with E-state index in [2.05, 4.69) is 28.5 Å². The van der Waals surface area contributed by atoms with Gasteiger partial charge in [0.2, 0.25) is 5.91 Å². The summed E-state index contributed by atoms with van der Waals surface area (Å²) in [6.07, 6.45) is 29.1. The molecule has 1 fully saturated rings. The van der Waals surface area contributed by atoms with Gasteiger partial charge in [0, 0.05) is 6.42 Å². The minimum atomic E-state index is -1.56. The van der Waals surface area contributed by atoms with Crippen molar-refractivity contribution in [3.05, 3.63) is 12.2 Å². The van der Waals surface area contributed by atoms with Gasteiger partial charge in [-0.2, -0.15) is 0 Å². The van der Waals surface area contributed by atoms with Gasteiger partial charge in [0.05, 0.1) is 25.4 Å². The van der Waals surface area contributed by atoms with E-state index in [4.69, 9.17) is 13.7 Å². The molecule has 14 heteroatoms. The predicted octanol–water partition coefficient (Wildman–Crippen LogP) is 4.98. The van der Waals surface area contributed by atoms with E-state index in [1.807, 2.05) is 6.08 Å². The Hall–Kier alpha value is 0.160. The van der Waals surface area contributed by atoms with Crippen LogP contribution in [0.2, 0.25) is 0 Å². The Morgan fingerprint density at radius 1 is 0.750 bits per heavy atom. The van der Waals surface area contributed by atoms with Gasteiger partial charge in [-0.15, -0.1) is 4.33 Å². The molecule has 7 atom stereocenters. The molecule has 1 heterocycles. The number of carbonyl (C=O) groups is 1. The van der Waals surface area contributed by atoms with Crippen molar-refractivity contribution in [2.75, 3.05) is 13.2 Å². The molecule has 0 bridgehead atoms. The second-order valence-electron chi connectivity index (χ2n) is 15.4. The number of unbranched alkanes of at least 4 members (excludes halogenated alkanes) is 25. The molecule has 1 amide bonds. The van der Waals surface area contributed by atoms with E-state index >= 15 is 0 Å². The van der Waals surface area contributed by atoms with Gasteiger partial charge in [0.1, 0.15) is 24.4 Å². The predicted molar refractivity (Wildman–Crippen MR) is 216 cm³/mol. The first-order valence-corrected chi connectivity index (χ1v) is 22.7. The number of rotatable bonds is 39. The number of aliphatic hydroxyl groups is 4. The number of aliphatic hydroxyl groups excluding tert-OH is 4. The molecule has 0 spiro atoms. The fourth-order valence-corrected chi connectivity index (χ4v) is 7.41. The van der Waals surface area contributed by atoms with Gasteiger partial charge in [-0.3, -0.25) is 14.0 Å². The van der Waals surface area contributed by atoms with E-state index in [1.165, 1.54) is 135 Å². The maximum Gasteiger partial charge on any atom is 1.00 e. The molecule has 326 valence electrons. The van der Waals surface area contributed by atoms with Gasteiger partial charge >= 0.3 is 29.6 Å². The van der Waals surface area contributed by atoms with E-state index in [1.54, 1.807) is 6.08 Å². The number of hydrogen-bond acceptors (Lipinski definition) is 12. The van der Waals surface area contributed by atoms with Crippen molar-refractivity contribution in [3.63, 3.8) is 0 Å². The Kier molecular flexibility index (Phi) is 40.7. The molecule has 5 unspecified atom stereocenters. The fourth-order valence-electron chi connectivity index (χ4n) is 7.03. The Balaban J connectivity index is 0.0000302. The summed E-state index contributed by atoms with van der Waals surface area (Å²) < 4.78 is 20.6. The summed E-state index contributed by atoms with van der Waals surface area (Å²) in [5, 5.41) is 58.4. The molecular formula is C42H80NNaO11S. The average molecular weight is 830 g/mol. The summed E-state index contributed by atoms with van der Waals surface area (Å²) in [6, 6.07) is -0.849. The Bertz CT molecular complexity index is 896. The molecule has 1 aliphatic rings. The molecule has 1 saturated heterocycles. The second-order valence-corrected chi connectivity index (χ2v) is 15.9. The third-order valence-electron chi connectivity index (χ3n) is 10.5. The number of hydrogen-bond donors (Lipinski definition) is 5. The largest absolute Gasteiger partial charge is 1.00 e. The quantitative estimate of drug-likeness (QED) is 0.0140. The third kappa shape index (κ3) is 29.4.